The fraction of sp³-hybridized carbons (Fsp3) is 0.250. The van der Waals surface area contributed by atoms with E-state index in [1.54, 1.807) is 12.2 Å². The van der Waals surface area contributed by atoms with Crippen molar-refractivity contribution in [2.45, 2.75) is 26.7 Å². The Hall–Kier alpha value is -1.96. The third-order valence-electron chi connectivity index (χ3n) is 2.31. The number of allylic oxidation sites excluding steroid dienone is 6. The molecule has 2 heteroatoms. The summed E-state index contributed by atoms with van der Waals surface area (Å²) in [6, 6.07) is 0. The van der Waals surface area contributed by atoms with Crippen molar-refractivity contribution in [3.8, 4) is 0 Å². The van der Waals surface area contributed by atoms with Crippen LogP contribution >= 0.6 is 0 Å². The molecule has 0 aromatic heterocycles. The molecule has 0 aromatic rings. The van der Waals surface area contributed by atoms with Gasteiger partial charge in [0.2, 0.25) is 0 Å². The van der Waals surface area contributed by atoms with E-state index in [9.17, 15) is 0 Å². The molecule has 96 valence electrons. The van der Waals surface area contributed by atoms with E-state index in [0.29, 0.717) is 17.3 Å². The van der Waals surface area contributed by atoms with Crippen LogP contribution in [-0.2, 0) is 9.47 Å². The van der Waals surface area contributed by atoms with Crippen LogP contribution in [0.15, 0.2) is 72.7 Å². The Morgan fingerprint density at radius 1 is 0.944 bits per heavy atom. The Bertz CT molecular complexity index is 434. The molecule has 0 N–H and O–H groups in total. The molecule has 1 aliphatic heterocycles. The van der Waals surface area contributed by atoms with Crippen molar-refractivity contribution in [1.29, 1.82) is 0 Å². The fourth-order valence-corrected chi connectivity index (χ4v) is 1.46. The quantitative estimate of drug-likeness (QED) is 0.694. The highest BCUT2D eigenvalue weighted by Gasteiger charge is 2.19. The molecule has 0 saturated carbocycles. The van der Waals surface area contributed by atoms with Crippen LogP contribution in [0.2, 0.25) is 0 Å². The first-order valence-electron chi connectivity index (χ1n) is 6.19. The van der Waals surface area contributed by atoms with Crippen LogP contribution in [0.25, 0.3) is 0 Å². The monoisotopic (exact) mass is 244 g/mol. The van der Waals surface area contributed by atoms with Gasteiger partial charge in [-0.3, -0.25) is 0 Å². The van der Waals surface area contributed by atoms with Gasteiger partial charge in [-0.15, -0.1) is 0 Å². The Kier molecular flexibility index (Phi) is 5.78. The third-order valence-corrected chi connectivity index (χ3v) is 2.31. The van der Waals surface area contributed by atoms with Gasteiger partial charge >= 0.3 is 0 Å². The SMILES string of the molecule is C=CC1=C(C=C)OC(=C/CC)/C(=C\C=C/CC)O1. The Labute approximate surface area is 109 Å². The lowest BCUT2D eigenvalue weighted by molar-refractivity contribution is 0.187. The van der Waals surface area contributed by atoms with Gasteiger partial charge in [-0.25, -0.2) is 0 Å². The highest BCUT2D eigenvalue weighted by atomic mass is 16.6. The van der Waals surface area contributed by atoms with Crippen LogP contribution in [0.4, 0.5) is 0 Å². The first kappa shape index (κ1) is 14.1. The molecular formula is C16H20O2. The first-order chi connectivity index (χ1) is 8.76. The van der Waals surface area contributed by atoms with Crippen molar-refractivity contribution < 1.29 is 9.47 Å². The maximum Gasteiger partial charge on any atom is 0.169 e. The third kappa shape index (κ3) is 3.52. The molecule has 2 nitrogen and oxygen atoms in total. The van der Waals surface area contributed by atoms with E-state index >= 15 is 0 Å². The molecule has 0 aromatic carbocycles. The number of rotatable bonds is 5. The van der Waals surface area contributed by atoms with Gasteiger partial charge < -0.3 is 9.47 Å². The average Bonchev–Trinajstić information content (AvgIpc) is 2.40. The standard InChI is InChI=1S/C16H20O2/c1-5-9-10-12-16-15(11-6-2)17-13(7-3)14(8-4)18-16/h7-12H,3-6H2,1-2H3/b10-9-,15-11+,16-12+. The van der Waals surface area contributed by atoms with Crippen LogP contribution in [0, 0.1) is 0 Å². The van der Waals surface area contributed by atoms with E-state index < -0.39 is 0 Å². The lowest BCUT2D eigenvalue weighted by Gasteiger charge is -2.22. The molecule has 0 radical (unpaired) electrons. The molecule has 1 aliphatic rings. The number of ether oxygens (including phenoxy) is 2. The Morgan fingerprint density at radius 3 is 2.06 bits per heavy atom. The van der Waals surface area contributed by atoms with E-state index in [-0.39, 0.29) is 0 Å². The van der Waals surface area contributed by atoms with Crippen LogP contribution in [-0.4, -0.2) is 0 Å². The zero-order valence-electron chi connectivity index (χ0n) is 11.1. The van der Waals surface area contributed by atoms with Crippen molar-refractivity contribution in [2.24, 2.45) is 0 Å². The minimum Gasteiger partial charge on any atom is -0.450 e. The van der Waals surface area contributed by atoms with Crippen molar-refractivity contribution in [1.82, 2.24) is 0 Å². The van der Waals surface area contributed by atoms with E-state index in [1.165, 1.54) is 0 Å². The van der Waals surface area contributed by atoms with Gasteiger partial charge in [0, 0.05) is 0 Å². The lowest BCUT2D eigenvalue weighted by atomic mass is 10.2. The molecule has 0 spiro atoms. The van der Waals surface area contributed by atoms with Gasteiger partial charge in [0.1, 0.15) is 0 Å². The maximum atomic E-state index is 5.76. The van der Waals surface area contributed by atoms with Crippen LogP contribution in [0.5, 0.6) is 0 Å². The van der Waals surface area contributed by atoms with E-state index in [4.69, 9.17) is 9.47 Å². The minimum absolute atomic E-state index is 0.592. The second-order valence-electron chi connectivity index (χ2n) is 3.68. The molecule has 0 unspecified atom stereocenters. The van der Waals surface area contributed by atoms with E-state index in [2.05, 4.69) is 33.1 Å². The largest absolute Gasteiger partial charge is 0.450 e. The van der Waals surface area contributed by atoms with Crippen molar-refractivity contribution >= 4 is 0 Å². The molecule has 0 amide bonds. The topological polar surface area (TPSA) is 18.5 Å². The van der Waals surface area contributed by atoms with Gasteiger partial charge in [-0.2, -0.15) is 0 Å². The van der Waals surface area contributed by atoms with Crippen molar-refractivity contribution in [3.63, 3.8) is 0 Å². The average molecular weight is 244 g/mol. The number of hydrogen-bond acceptors (Lipinski definition) is 2. The van der Waals surface area contributed by atoms with Gasteiger partial charge in [-0.1, -0.05) is 39.2 Å². The molecule has 1 rings (SSSR count). The van der Waals surface area contributed by atoms with E-state index in [0.717, 1.165) is 18.6 Å². The highest BCUT2D eigenvalue weighted by molar-refractivity contribution is 5.36. The Balaban J connectivity index is 3.09. The second kappa shape index (κ2) is 7.38. The maximum absolute atomic E-state index is 5.76. The summed E-state index contributed by atoms with van der Waals surface area (Å²) in [5.41, 5.74) is 0. The fourth-order valence-electron chi connectivity index (χ4n) is 1.46. The first-order valence-corrected chi connectivity index (χ1v) is 6.19. The second-order valence-corrected chi connectivity index (χ2v) is 3.68. The molecule has 0 atom stereocenters. The summed E-state index contributed by atoms with van der Waals surface area (Å²) in [4.78, 5) is 0. The van der Waals surface area contributed by atoms with Gasteiger partial charge in [0.25, 0.3) is 0 Å². The Morgan fingerprint density at radius 2 is 1.56 bits per heavy atom. The minimum atomic E-state index is 0.592. The summed E-state index contributed by atoms with van der Waals surface area (Å²) in [7, 11) is 0. The summed E-state index contributed by atoms with van der Waals surface area (Å²) in [6.45, 7) is 11.6. The van der Waals surface area contributed by atoms with Crippen molar-refractivity contribution in [2.75, 3.05) is 0 Å². The van der Waals surface area contributed by atoms with Crippen LogP contribution in [0.1, 0.15) is 26.7 Å². The van der Waals surface area contributed by atoms with Crippen LogP contribution in [0.3, 0.4) is 0 Å². The zero-order valence-corrected chi connectivity index (χ0v) is 11.1. The summed E-state index contributed by atoms with van der Waals surface area (Å²) >= 11 is 0. The highest BCUT2D eigenvalue weighted by Crippen LogP contribution is 2.29. The summed E-state index contributed by atoms with van der Waals surface area (Å²) in [5, 5.41) is 0. The van der Waals surface area contributed by atoms with Gasteiger partial charge in [0.05, 0.1) is 0 Å². The van der Waals surface area contributed by atoms with Crippen LogP contribution < -0.4 is 0 Å². The molecule has 0 aliphatic carbocycles. The summed E-state index contributed by atoms with van der Waals surface area (Å²) in [6.07, 6.45) is 13.0. The zero-order chi connectivity index (χ0) is 13.4. The molecule has 18 heavy (non-hydrogen) atoms. The molecular weight excluding hydrogens is 224 g/mol. The smallest absolute Gasteiger partial charge is 0.169 e. The summed E-state index contributed by atoms with van der Waals surface area (Å²) in [5.74, 6) is 2.61. The molecule has 1 heterocycles. The normalized spacial score (nSPS) is 20.1. The molecule has 0 bridgehead atoms. The van der Waals surface area contributed by atoms with E-state index in [1.807, 2.05) is 18.2 Å². The van der Waals surface area contributed by atoms with Gasteiger partial charge in [-0.05, 0) is 37.1 Å². The predicted octanol–water partition coefficient (Wildman–Crippen LogP) is 4.76. The number of hydrogen-bond donors (Lipinski definition) is 0. The molecule has 0 fully saturated rings. The summed E-state index contributed by atoms with van der Waals surface area (Å²) < 4.78 is 11.5. The lowest BCUT2D eigenvalue weighted by Crippen LogP contribution is -2.08. The van der Waals surface area contributed by atoms with Gasteiger partial charge in [0.15, 0.2) is 23.0 Å². The molecule has 0 saturated heterocycles. The predicted molar refractivity (Wildman–Crippen MR) is 75.5 cm³/mol. The van der Waals surface area contributed by atoms with Crippen molar-refractivity contribution in [3.05, 3.63) is 72.7 Å².